The molecule has 0 unspecified atom stereocenters. The number of rotatable bonds is 7. The molecule has 1 fully saturated rings. The van der Waals surface area contributed by atoms with Gasteiger partial charge in [0.15, 0.2) is 0 Å². The Morgan fingerprint density at radius 1 is 1.07 bits per heavy atom. The van der Waals surface area contributed by atoms with E-state index < -0.39 is 0 Å². The molecule has 7 heteroatoms. The van der Waals surface area contributed by atoms with Crippen LogP contribution in [0.3, 0.4) is 0 Å². The lowest BCUT2D eigenvalue weighted by molar-refractivity contribution is -0.130. The summed E-state index contributed by atoms with van der Waals surface area (Å²) in [6.45, 7) is 5.12. The van der Waals surface area contributed by atoms with Gasteiger partial charge in [-0.25, -0.2) is 0 Å². The highest BCUT2D eigenvalue weighted by Crippen LogP contribution is 2.22. The standard InChI is InChI=1S/C22H26ClN3O2S/c1-2-17-6-3-4-9-20(17)24-21(27)15-25-10-12-26(13-11-25)22(28)16-29-19-8-5-7-18(23)14-19/h3-9,14H,2,10-13,15-16H2,1H3,(H,24,27). The minimum atomic E-state index is -0.0119. The molecule has 1 saturated heterocycles. The number of nitrogens with one attached hydrogen (secondary N) is 1. The lowest BCUT2D eigenvalue weighted by Crippen LogP contribution is -2.50. The number of para-hydroxylation sites is 1. The summed E-state index contributed by atoms with van der Waals surface area (Å²) < 4.78 is 0. The number of amides is 2. The lowest BCUT2D eigenvalue weighted by Gasteiger charge is -2.34. The SMILES string of the molecule is CCc1ccccc1NC(=O)CN1CCN(C(=O)CSc2cccc(Cl)c2)CC1. The first-order valence-corrected chi connectivity index (χ1v) is 11.2. The number of nitrogens with zero attached hydrogens (tertiary/aromatic N) is 2. The third-order valence-corrected chi connectivity index (χ3v) is 6.14. The van der Waals surface area contributed by atoms with Crippen molar-refractivity contribution in [2.24, 2.45) is 0 Å². The molecule has 0 bridgehead atoms. The van der Waals surface area contributed by atoms with Gasteiger partial charge in [-0.15, -0.1) is 11.8 Å². The van der Waals surface area contributed by atoms with Crippen LogP contribution in [0.5, 0.6) is 0 Å². The number of carbonyl (C=O) groups excluding carboxylic acids is 2. The predicted octanol–water partition coefficient (Wildman–Crippen LogP) is 3.78. The quantitative estimate of drug-likeness (QED) is 0.678. The predicted molar refractivity (Wildman–Crippen MR) is 120 cm³/mol. The van der Waals surface area contributed by atoms with Crippen LogP contribution in [0.1, 0.15) is 12.5 Å². The molecule has 0 atom stereocenters. The van der Waals surface area contributed by atoms with Gasteiger partial charge in [-0.2, -0.15) is 0 Å². The van der Waals surface area contributed by atoms with E-state index in [0.29, 0.717) is 43.5 Å². The molecule has 2 amide bonds. The Balaban J connectivity index is 1.41. The van der Waals surface area contributed by atoms with Crippen LogP contribution in [-0.4, -0.2) is 60.1 Å². The number of benzene rings is 2. The molecule has 0 saturated carbocycles. The van der Waals surface area contributed by atoms with E-state index in [-0.39, 0.29) is 11.8 Å². The maximum Gasteiger partial charge on any atom is 0.238 e. The van der Waals surface area contributed by atoms with E-state index in [1.165, 1.54) is 11.8 Å². The fourth-order valence-corrected chi connectivity index (χ4v) is 4.40. The van der Waals surface area contributed by atoms with Gasteiger partial charge in [0.2, 0.25) is 11.8 Å². The summed E-state index contributed by atoms with van der Waals surface area (Å²) in [6.07, 6.45) is 0.879. The topological polar surface area (TPSA) is 52.7 Å². The second-order valence-electron chi connectivity index (χ2n) is 6.96. The Hall–Kier alpha value is -2.02. The number of thioether (sulfide) groups is 1. The highest BCUT2D eigenvalue weighted by atomic mass is 35.5. The third-order valence-electron chi connectivity index (χ3n) is 4.92. The molecule has 1 heterocycles. The molecule has 5 nitrogen and oxygen atoms in total. The van der Waals surface area contributed by atoms with Crippen LogP contribution in [-0.2, 0) is 16.0 Å². The van der Waals surface area contributed by atoms with Crippen molar-refractivity contribution in [2.75, 3.05) is 43.8 Å². The molecular formula is C22H26ClN3O2S. The molecular weight excluding hydrogens is 406 g/mol. The van der Waals surface area contributed by atoms with E-state index in [0.717, 1.165) is 22.6 Å². The van der Waals surface area contributed by atoms with Crippen molar-refractivity contribution in [3.05, 3.63) is 59.1 Å². The summed E-state index contributed by atoms with van der Waals surface area (Å²) in [5.74, 6) is 0.507. The zero-order valence-corrected chi connectivity index (χ0v) is 18.1. The largest absolute Gasteiger partial charge is 0.339 e. The molecule has 154 valence electrons. The fraction of sp³-hybridized carbons (Fsp3) is 0.364. The summed E-state index contributed by atoms with van der Waals surface area (Å²) in [5, 5.41) is 3.69. The van der Waals surface area contributed by atoms with Crippen molar-refractivity contribution in [1.82, 2.24) is 9.80 Å². The zero-order valence-electron chi connectivity index (χ0n) is 16.6. The molecule has 0 radical (unpaired) electrons. The summed E-state index contributed by atoms with van der Waals surface area (Å²) in [6, 6.07) is 15.4. The fourth-order valence-electron chi connectivity index (χ4n) is 3.29. The molecule has 1 aliphatic heterocycles. The Morgan fingerprint density at radius 2 is 1.83 bits per heavy atom. The van der Waals surface area contributed by atoms with E-state index in [9.17, 15) is 9.59 Å². The summed E-state index contributed by atoms with van der Waals surface area (Å²) >= 11 is 7.49. The molecule has 2 aromatic carbocycles. The van der Waals surface area contributed by atoms with Crippen molar-refractivity contribution < 1.29 is 9.59 Å². The molecule has 0 aromatic heterocycles. The maximum atomic E-state index is 12.5. The molecule has 1 N–H and O–H groups in total. The van der Waals surface area contributed by atoms with Gasteiger partial charge < -0.3 is 10.2 Å². The Bertz CT molecular complexity index is 853. The lowest BCUT2D eigenvalue weighted by atomic mass is 10.1. The van der Waals surface area contributed by atoms with Crippen molar-refractivity contribution in [2.45, 2.75) is 18.2 Å². The van der Waals surface area contributed by atoms with E-state index in [1.54, 1.807) is 0 Å². The van der Waals surface area contributed by atoms with Crippen LogP contribution in [0.2, 0.25) is 5.02 Å². The first-order valence-electron chi connectivity index (χ1n) is 9.81. The van der Waals surface area contributed by atoms with Crippen LogP contribution < -0.4 is 5.32 Å². The number of hydrogen-bond acceptors (Lipinski definition) is 4. The molecule has 2 aromatic rings. The van der Waals surface area contributed by atoms with E-state index in [4.69, 9.17) is 11.6 Å². The van der Waals surface area contributed by atoms with Crippen LogP contribution in [0.4, 0.5) is 5.69 Å². The van der Waals surface area contributed by atoms with Gasteiger partial charge in [0.25, 0.3) is 0 Å². The summed E-state index contributed by atoms with van der Waals surface area (Å²) in [5.41, 5.74) is 2.01. The van der Waals surface area contributed by atoms with E-state index in [1.807, 2.05) is 53.4 Å². The number of carbonyl (C=O) groups is 2. The van der Waals surface area contributed by atoms with E-state index >= 15 is 0 Å². The summed E-state index contributed by atoms with van der Waals surface area (Å²) in [4.78, 5) is 29.8. The number of hydrogen-bond donors (Lipinski definition) is 1. The van der Waals surface area contributed by atoms with Crippen LogP contribution in [0.15, 0.2) is 53.4 Å². The van der Waals surface area contributed by atoms with Crippen molar-refractivity contribution in [3.8, 4) is 0 Å². The average molecular weight is 432 g/mol. The van der Waals surface area contributed by atoms with Gasteiger partial charge in [-0.05, 0) is 36.2 Å². The smallest absolute Gasteiger partial charge is 0.238 e. The first-order chi connectivity index (χ1) is 14.0. The Labute approximate surface area is 181 Å². The average Bonchev–Trinajstić information content (AvgIpc) is 2.73. The second-order valence-corrected chi connectivity index (χ2v) is 8.45. The van der Waals surface area contributed by atoms with Gasteiger partial charge in [-0.1, -0.05) is 42.8 Å². The van der Waals surface area contributed by atoms with Gasteiger partial charge in [0, 0.05) is 41.8 Å². The molecule has 0 aliphatic carbocycles. The second kappa shape index (κ2) is 10.7. The molecule has 0 spiro atoms. The number of aryl methyl sites for hydroxylation is 1. The van der Waals surface area contributed by atoms with E-state index in [2.05, 4.69) is 17.1 Å². The van der Waals surface area contributed by atoms with Crippen LogP contribution >= 0.6 is 23.4 Å². The Morgan fingerprint density at radius 3 is 2.55 bits per heavy atom. The van der Waals surface area contributed by atoms with Crippen molar-refractivity contribution in [3.63, 3.8) is 0 Å². The number of halogens is 1. The first kappa shape index (κ1) is 21.7. The third kappa shape index (κ3) is 6.49. The number of piperazine rings is 1. The highest BCUT2D eigenvalue weighted by Gasteiger charge is 2.22. The van der Waals surface area contributed by atoms with Gasteiger partial charge >= 0.3 is 0 Å². The van der Waals surface area contributed by atoms with Crippen LogP contribution in [0, 0.1) is 0 Å². The van der Waals surface area contributed by atoms with Gasteiger partial charge in [-0.3, -0.25) is 14.5 Å². The highest BCUT2D eigenvalue weighted by molar-refractivity contribution is 8.00. The van der Waals surface area contributed by atoms with Gasteiger partial charge in [0.05, 0.1) is 12.3 Å². The molecule has 1 aliphatic rings. The maximum absolute atomic E-state index is 12.5. The zero-order chi connectivity index (χ0) is 20.6. The number of anilines is 1. The molecule has 29 heavy (non-hydrogen) atoms. The molecule has 3 rings (SSSR count). The minimum absolute atomic E-state index is 0.0119. The normalized spacial score (nSPS) is 14.6. The van der Waals surface area contributed by atoms with Crippen LogP contribution in [0.25, 0.3) is 0 Å². The van der Waals surface area contributed by atoms with Crippen molar-refractivity contribution in [1.29, 1.82) is 0 Å². The van der Waals surface area contributed by atoms with Crippen molar-refractivity contribution >= 4 is 40.9 Å². The summed E-state index contributed by atoms with van der Waals surface area (Å²) in [7, 11) is 0. The minimum Gasteiger partial charge on any atom is -0.339 e. The Kier molecular flexibility index (Phi) is 7.98. The monoisotopic (exact) mass is 431 g/mol. The van der Waals surface area contributed by atoms with Gasteiger partial charge in [0.1, 0.15) is 0 Å².